The normalized spacial score (nSPS) is 11.0. The summed E-state index contributed by atoms with van der Waals surface area (Å²) in [6, 6.07) is 10.7. The standard InChI is InChI=1S/C19H16N4O6S2/c1-2-16(24)21-13-5-3-12(4-6-13)18(25)22-19-20-11-17(30-19)31(28,29)15-9-7-14(8-10-15)23(26)27/h3-11H,2H2,1H3,(H,21,24)(H,20,22,25). The molecular weight excluding hydrogens is 444 g/mol. The van der Waals surface area contributed by atoms with Crippen molar-refractivity contribution in [2.24, 2.45) is 0 Å². The van der Waals surface area contributed by atoms with Gasteiger partial charge in [-0.1, -0.05) is 18.3 Å². The highest BCUT2D eigenvalue weighted by atomic mass is 32.2. The van der Waals surface area contributed by atoms with Crippen LogP contribution in [0.1, 0.15) is 23.7 Å². The van der Waals surface area contributed by atoms with Crippen LogP contribution in [0.15, 0.2) is 63.8 Å². The molecule has 0 saturated heterocycles. The number of hydrogen-bond acceptors (Lipinski definition) is 8. The van der Waals surface area contributed by atoms with Crippen LogP contribution >= 0.6 is 11.3 Å². The molecule has 1 heterocycles. The van der Waals surface area contributed by atoms with Crippen molar-refractivity contribution in [3.05, 3.63) is 70.4 Å². The fourth-order valence-corrected chi connectivity index (χ4v) is 4.86. The molecule has 0 saturated carbocycles. The average Bonchev–Trinajstić information content (AvgIpc) is 3.23. The van der Waals surface area contributed by atoms with E-state index in [4.69, 9.17) is 0 Å². The Balaban J connectivity index is 1.72. The fraction of sp³-hybridized carbons (Fsp3) is 0.105. The minimum atomic E-state index is -3.94. The number of amides is 2. The Bertz CT molecular complexity index is 1240. The Morgan fingerprint density at radius 1 is 1.06 bits per heavy atom. The van der Waals surface area contributed by atoms with Crippen molar-refractivity contribution in [2.45, 2.75) is 22.4 Å². The van der Waals surface area contributed by atoms with Crippen LogP contribution in [0, 0.1) is 10.1 Å². The zero-order valence-electron chi connectivity index (χ0n) is 16.1. The van der Waals surface area contributed by atoms with Crippen LogP contribution in [0.5, 0.6) is 0 Å². The Morgan fingerprint density at radius 3 is 2.29 bits per heavy atom. The van der Waals surface area contributed by atoms with Gasteiger partial charge in [0.05, 0.1) is 16.0 Å². The summed E-state index contributed by atoms with van der Waals surface area (Å²) in [6.45, 7) is 1.72. The summed E-state index contributed by atoms with van der Waals surface area (Å²) >= 11 is 0.761. The van der Waals surface area contributed by atoms with Crippen LogP contribution < -0.4 is 10.6 Å². The first-order chi connectivity index (χ1) is 14.7. The van der Waals surface area contributed by atoms with Gasteiger partial charge in [0.1, 0.15) is 4.21 Å². The number of carbonyl (C=O) groups excluding carboxylic acids is 2. The highest BCUT2D eigenvalue weighted by molar-refractivity contribution is 7.93. The van der Waals surface area contributed by atoms with Gasteiger partial charge in [0.25, 0.3) is 11.6 Å². The van der Waals surface area contributed by atoms with Crippen molar-refractivity contribution in [1.82, 2.24) is 4.98 Å². The summed E-state index contributed by atoms with van der Waals surface area (Å²) in [5, 5.41) is 16.0. The third kappa shape index (κ3) is 5.10. The van der Waals surface area contributed by atoms with Crippen LogP contribution in [0.2, 0.25) is 0 Å². The summed E-state index contributed by atoms with van der Waals surface area (Å²) < 4.78 is 25.3. The maximum absolute atomic E-state index is 12.7. The number of sulfone groups is 1. The lowest BCUT2D eigenvalue weighted by atomic mass is 10.2. The van der Waals surface area contributed by atoms with Crippen molar-refractivity contribution in [3.8, 4) is 0 Å². The molecule has 3 rings (SSSR count). The van der Waals surface area contributed by atoms with Gasteiger partial charge < -0.3 is 5.32 Å². The predicted octanol–water partition coefficient (Wildman–Crippen LogP) is 3.48. The summed E-state index contributed by atoms with van der Waals surface area (Å²) in [5.74, 6) is -0.649. The zero-order chi connectivity index (χ0) is 22.6. The smallest absolute Gasteiger partial charge is 0.269 e. The molecule has 2 aromatic carbocycles. The van der Waals surface area contributed by atoms with E-state index < -0.39 is 20.7 Å². The number of anilines is 2. The van der Waals surface area contributed by atoms with E-state index in [2.05, 4.69) is 15.6 Å². The van der Waals surface area contributed by atoms with Crippen molar-refractivity contribution < 1.29 is 22.9 Å². The van der Waals surface area contributed by atoms with E-state index in [9.17, 15) is 28.1 Å². The van der Waals surface area contributed by atoms with Gasteiger partial charge in [-0.2, -0.15) is 0 Å². The second kappa shape index (κ2) is 9.02. The van der Waals surface area contributed by atoms with E-state index in [1.165, 1.54) is 12.1 Å². The Morgan fingerprint density at radius 2 is 1.71 bits per heavy atom. The molecule has 1 aromatic heterocycles. The van der Waals surface area contributed by atoms with Crippen LogP contribution in [-0.2, 0) is 14.6 Å². The molecule has 0 unspecified atom stereocenters. The zero-order valence-corrected chi connectivity index (χ0v) is 17.7. The van der Waals surface area contributed by atoms with Gasteiger partial charge in [-0.25, -0.2) is 13.4 Å². The molecular formula is C19H16N4O6S2. The topological polar surface area (TPSA) is 148 Å². The molecule has 12 heteroatoms. The number of carbonyl (C=O) groups is 2. The van der Waals surface area contributed by atoms with Crippen molar-refractivity contribution in [3.63, 3.8) is 0 Å². The van der Waals surface area contributed by atoms with Crippen LogP contribution in [0.3, 0.4) is 0 Å². The van der Waals surface area contributed by atoms with E-state index in [0.717, 1.165) is 41.8 Å². The molecule has 2 amide bonds. The first-order valence-electron chi connectivity index (χ1n) is 8.87. The van der Waals surface area contributed by atoms with Crippen molar-refractivity contribution >= 4 is 49.5 Å². The quantitative estimate of drug-likeness (QED) is 0.405. The van der Waals surface area contributed by atoms with Gasteiger partial charge in [-0.15, -0.1) is 0 Å². The molecule has 0 aliphatic carbocycles. The molecule has 0 spiro atoms. The monoisotopic (exact) mass is 460 g/mol. The minimum absolute atomic E-state index is 0.0776. The van der Waals surface area contributed by atoms with Gasteiger partial charge in [0.15, 0.2) is 5.13 Å². The number of aromatic nitrogens is 1. The van der Waals surface area contributed by atoms with E-state index in [1.54, 1.807) is 19.1 Å². The molecule has 160 valence electrons. The number of hydrogen-bond donors (Lipinski definition) is 2. The van der Waals surface area contributed by atoms with Gasteiger partial charge >= 0.3 is 0 Å². The Labute approximate surface area is 181 Å². The number of benzene rings is 2. The third-order valence-electron chi connectivity index (χ3n) is 4.08. The summed E-state index contributed by atoms with van der Waals surface area (Å²) in [7, 11) is -3.94. The first-order valence-corrected chi connectivity index (χ1v) is 11.2. The lowest BCUT2D eigenvalue weighted by Gasteiger charge is -2.05. The third-order valence-corrected chi connectivity index (χ3v) is 7.22. The molecule has 31 heavy (non-hydrogen) atoms. The number of nitrogens with zero attached hydrogens (tertiary/aromatic N) is 2. The number of non-ortho nitro benzene ring substituents is 1. The molecule has 10 nitrogen and oxygen atoms in total. The van der Waals surface area contributed by atoms with Gasteiger partial charge in [0, 0.05) is 29.8 Å². The van der Waals surface area contributed by atoms with Gasteiger partial charge in [-0.05, 0) is 36.4 Å². The predicted molar refractivity (Wildman–Crippen MR) is 114 cm³/mol. The molecule has 0 aliphatic rings. The summed E-state index contributed by atoms with van der Waals surface area (Å²) in [4.78, 5) is 37.7. The fourth-order valence-electron chi connectivity index (χ4n) is 2.43. The minimum Gasteiger partial charge on any atom is -0.326 e. The van der Waals surface area contributed by atoms with Crippen molar-refractivity contribution in [1.29, 1.82) is 0 Å². The average molecular weight is 460 g/mol. The maximum atomic E-state index is 12.7. The van der Waals surface area contributed by atoms with E-state index in [-0.39, 0.29) is 25.8 Å². The second-order valence-electron chi connectivity index (χ2n) is 6.17. The van der Waals surface area contributed by atoms with Crippen molar-refractivity contribution in [2.75, 3.05) is 10.6 Å². The molecule has 0 radical (unpaired) electrons. The van der Waals surface area contributed by atoms with Gasteiger partial charge in [0.2, 0.25) is 15.7 Å². The number of nitro groups is 1. The largest absolute Gasteiger partial charge is 0.326 e. The van der Waals surface area contributed by atoms with E-state index in [1.807, 2.05) is 0 Å². The highest BCUT2D eigenvalue weighted by Gasteiger charge is 2.22. The van der Waals surface area contributed by atoms with Gasteiger partial charge in [-0.3, -0.25) is 25.0 Å². The van der Waals surface area contributed by atoms with E-state index >= 15 is 0 Å². The first kappa shape index (κ1) is 22.1. The number of nitrogens with one attached hydrogen (secondary N) is 2. The SMILES string of the molecule is CCC(=O)Nc1ccc(C(=O)Nc2ncc(S(=O)(=O)c3ccc([N+](=O)[O-])cc3)s2)cc1. The summed E-state index contributed by atoms with van der Waals surface area (Å²) in [5.41, 5.74) is 0.620. The van der Waals surface area contributed by atoms with Crippen LogP contribution in [0.25, 0.3) is 0 Å². The number of thiazole rings is 1. The molecule has 0 fully saturated rings. The van der Waals surface area contributed by atoms with E-state index in [0.29, 0.717) is 17.7 Å². The molecule has 0 aliphatic heterocycles. The molecule has 0 bridgehead atoms. The van der Waals surface area contributed by atoms with Crippen LogP contribution in [0.4, 0.5) is 16.5 Å². The maximum Gasteiger partial charge on any atom is 0.269 e. The number of nitro benzene ring substituents is 1. The number of rotatable bonds is 7. The lowest BCUT2D eigenvalue weighted by Crippen LogP contribution is -2.12. The summed E-state index contributed by atoms with van der Waals surface area (Å²) in [6.07, 6.45) is 1.44. The molecule has 3 aromatic rings. The van der Waals surface area contributed by atoms with Crippen LogP contribution in [-0.4, -0.2) is 30.1 Å². The lowest BCUT2D eigenvalue weighted by molar-refractivity contribution is -0.384. The Hall–Kier alpha value is -3.64. The molecule has 2 N–H and O–H groups in total. The highest BCUT2D eigenvalue weighted by Crippen LogP contribution is 2.29. The molecule has 0 atom stereocenters. The second-order valence-corrected chi connectivity index (χ2v) is 9.38. The Kier molecular flexibility index (Phi) is 6.42.